The van der Waals surface area contributed by atoms with E-state index in [2.05, 4.69) is 0 Å². The second-order valence-electron chi connectivity index (χ2n) is 5.80. The van der Waals surface area contributed by atoms with Crippen molar-refractivity contribution < 1.29 is 19.1 Å². The largest absolute Gasteiger partial charge is 0.443 e. The van der Waals surface area contributed by atoms with Crippen LogP contribution in [0.5, 0.6) is 0 Å². The molecule has 0 saturated carbocycles. The molecule has 0 spiro atoms. The van der Waals surface area contributed by atoms with E-state index in [1.807, 2.05) is 0 Å². The third-order valence-electron chi connectivity index (χ3n) is 1.54. The van der Waals surface area contributed by atoms with Gasteiger partial charge in [-0.3, -0.25) is 0 Å². The number of hydrogen-bond acceptors (Lipinski definition) is 4. The summed E-state index contributed by atoms with van der Waals surface area (Å²) in [6.45, 7) is 10.4. The first-order chi connectivity index (χ1) is 7.96. The Morgan fingerprint density at radius 2 is 1.28 bits per heavy atom. The number of imide groups is 1. The first kappa shape index (κ1) is 17.0. The van der Waals surface area contributed by atoms with Gasteiger partial charge in [-0.25, -0.2) is 14.5 Å². The minimum atomic E-state index is -0.752. The molecule has 0 fully saturated rings. The van der Waals surface area contributed by atoms with Crippen molar-refractivity contribution in [3.05, 3.63) is 0 Å². The molecule has 6 heteroatoms. The number of amides is 2. The van der Waals surface area contributed by atoms with Crippen LogP contribution in [0, 0.1) is 0 Å². The average Bonchev–Trinajstić information content (AvgIpc) is 2.07. The Morgan fingerprint density at radius 1 is 0.944 bits per heavy atom. The highest BCUT2D eigenvalue weighted by molar-refractivity contribution is 6.18. The van der Waals surface area contributed by atoms with Gasteiger partial charge in [0.05, 0.1) is 0 Å². The van der Waals surface area contributed by atoms with Crippen LogP contribution >= 0.6 is 11.6 Å². The molecule has 0 bridgehead atoms. The second-order valence-corrected chi connectivity index (χ2v) is 6.18. The number of ether oxygens (including phenoxy) is 2. The quantitative estimate of drug-likeness (QED) is 0.727. The SMILES string of the molecule is CC(C)(C)OC(=O)N(CCCl)C(=O)OC(C)(C)C. The van der Waals surface area contributed by atoms with Crippen LogP contribution in [0.2, 0.25) is 0 Å². The molecule has 0 N–H and O–H groups in total. The average molecular weight is 280 g/mol. The molecule has 0 aliphatic rings. The van der Waals surface area contributed by atoms with Gasteiger partial charge in [-0.15, -0.1) is 11.6 Å². The summed E-state index contributed by atoms with van der Waals surface area (Å²) in [5, 5.41) is 0. The van der Waals surface area contributed by atoms with E-state index in [4.69, 9.17) is 21.1 Å². The Balaban J connectivity index is 4.75. The maximum Gasteiger partial charge on any atom is 0.419 e. The van der Waals surface area contributed by atoms with Crippen LogP contribution in [-0.4, -0.2) is 40.7 Å². The summed E-state index contributed by atoms with van der Waals surface area (Å²) in [5.74, 6) is 0.123. The molecule has 0 radical (unpaired) electrons. The van der Waals surface area contributed by atoms with Gasteiger partial charge in [0.1, 0.15) is 11.2 Å². The van der Waals surface area contributed by atoms with Crippen molar-refractivity contribution in [2.24, 2.45) is 0 Å². The number of carbonyl (C=O) groups excluding carboxylic acids is 2. The van der Waals surface area contributed by atoms with Crippen molar-refractivity contribution >= 4 is 23.8 Å². The van der Waals surface area contributed by atoms with Crippen molar-refractivity contribution in [1.29, 1.82) is 0 Å². The minimum Gasteiger partial charge on any atom is -0.443 e. The fourth-order valence-corrected chi connectivity index (χ4v) is 1.14. The Hall–Kier alpha value is -0.970. The molecule has 0 heterocycles. The number of alkyl halides is 1. The predicted molar refractivity (Wildman–Crippen MR) is 69.9 cm³/mol. The van der Waals surface area contributed by atoms with Crippen molar-refractivity contribution in [2.45, 2.75) is 52.7 Å². The number of rotatable bonds is 2. The van der Waals surface area contributed by atoms with Crippen LogP contribution in [0.4, 0.5) is 9.59 Å². The number of carbonyl (C=O) groups is 2. The van der Waals surface area contributed by atoms with Gasteiger partial charge >= 0.3 is 12.2 Å². The van der Waals surface area contributed by atoms with Gasteiger partial charge in [0.2, 0.25) is 0 Å². The van der Waals surface area contributed by atoms with Crippen molar-refractivity contribution in [3.63, 3.8) is 0 Å². The van der Waals surface area contributed by atoms with Gasteiger partial charge in [-0.05, 0) is 41.5 Å². The first-order valence-electron chi connectivity index (χ1n) is 5.76. The lowest BCUT2D eigenvalue weighted by Gasteiger charge is -2.28. The molecule has 0 atom stereocenters. The zero-order valence-corrected chi connectivity index (χ0v) is 12.6. The molecule has 0 aromatic rings. The van der Waals surface area contributed by atoms with E-state index in [-0.39, 0.29) is 12.4 Å². The van der Waals surface area contributed by atoms with Crippen LogP contribution < -0.4 is 0 Å². The summed E-state index contributed by atoms with van der Waals surface area (Å²) in [6.07, 6.45) is -1.50. The van der Waals surface area contributed by atoms with Crippen LogP contribution in [0.25, 0.3) is 0 Å². The highest BCUT2D eigenvalue weighted by Gasteiger charge is 2.30. The maximum absolute atomic E-state index is 11.8. The molecule has 0 aliphatic carbocycles. The summed E-state index contributed by atoms with van der Waals surface area (Å²) in [4.78, 5) is 24.5. The number of halogens is 1. The van der Waals surface area contributed by atoms with Crippen LogP contribution in [0.15, 0.2) is 0 Å². The van der Waals surface area contributed by atoms with Gasteiger partial charge in [0.25, 0.3) is 0 Å². The Morgan fingerprint density at radius 3 is 1.50 bits per heavy atom. The van der Waals surface area contributed by atoms with E-state index in [0.717, 1.165) is 4.90 Å². The van der Waals surface area contributed by atoms with Crippen LogP contribution in [0.1, 0.15) is 41.5 Å². The molecule has 0 aliphatic heterocycles. The fourth-order valence-electron chi connectivity index (χ4n) is 0.976. The van der Waals surface area contributed by atoms with E-state index in [0.29, 0.717) is 0 Å². The Bertz CT molecular complexity index is 276. The molecule has 5 nitrogen and oxygen atoms in total. The molecular weight excluding hydrogens is 258 g/mol. The molecule has 0 aromatic carbocycles. The highest BCUT2D eigenvalue weighted by atomic mass is 35.5. The lowest BCUT2D eigenvalue weighted by molar-refractivity contribution is 0.00269. The Labute approximate surface area is 113 Å². The predicted octanol–water partition coefficient (Wildman–Crippen LogP) is 3.40. The molecule has 0 unspecified atom stereocenters. The molecular formula is C12H22ClNO4. The third-order valence-corrected chi connectivity index (χ3v) is 1.70. The van der Waals surface area contributed by atoms with Gasteiger partial charge in [0.15, 0.2) is 0 Å². The summed E-state index contributed by atoms with van der Waals surface area (Å²) in [6, 6.07) is 0. The van der Waals surface area contributed by atoms with Crippen LogP contribution in [0.3, 0.4) is 0 Å². The minimum absolute atomic E-state index is 0.0470. The zero-order valence-electron chi connectivity index (χ0n) is 11.9. The molecule has 18 heavy (non-hydrogen) atoms. The molecule has 2 amide bonds. The summed E-state index contributed by atoms with van der Waals surface area (Å²) < 4.78 is 10.2. The summed E-state index contributed by atoms with van der Waals surface area (Å²) in [5.41, 5.74) is -1.35. The Kier molecular flexibility index (Phi) is 5.93. The van der Waals surface area contributed by atoms with Crippen molar-refractivity contribution in [3.8, 4) is 0 Å². The van der Waals surface area contributed by atoms with E-state index >= 15 is 0 Å². The normalized spacial score (nSPS) is 11.9. The van der Waals surface area contributed by atoms with Gasteiger partial charge in [-0.1, -0.05) is 0 Å². The molecule has 106 valence electrons. The topological polar surface area (TPSA) is 55.8 Å². The molecule has 0 aromatic heterocycles. The summed E-state index contributed by atoms with van der Waals surface area (Å²) >= 11 is 5.57. The smallest absolute Gasteiger partial charge is 0.419 e. The standard InChI is InChI=1S/C12H22ClNO4/c1-11(2,3)17-9(15)14(8-7-13)10(16)18-12(4,5)6/h7-8H2,1-6H3. The van der Waals surface area contributed by atoms with Crippen molar-refractivity contribution in [1.82, 2.24) is 4.90 Å². The molecule has 0 rings (SSSR count). The van der Waals surface area contributed by atoms with Crippen molar-refractivity contribution in [2.75, 3.05) is 12.4 Å². The second kappa shape index (κ2) is 6.27. The van der Waals surface area contributed by atoms with E-state index < -0.39 is 23.4 Å². The monoisotopic (exact) mass is 279 g/mol. The van der Waals surface area contributed by atoms with Gasteiger partial charge in [0, 0.05) is 12.4 Å². The van der Waals surface area contributed by atoms with E-state index in [1.165, 1.54) is 0 Å². The maximum atomic E-state index is 11.8. The van der Waals surface area contributed by atoms with Gasteiger partial charge < -0.3 is 9.47 Å². The lowest BCUT2D eigenvalue weighted by atomic mass is 10.2. The summed E-state index contributed by atoms with van der Waals surface area (Å²) in [7, 11) is 0. The third kappa shape index (κ3) is 7.37. The van der Waals surface area contributed by atoms with E-state index in [1.54, 1.807) is 41.5 Å². The number of hydrogen-bond donors (Lipinski definition) is 0. The number of nitrogens with zero attached hydrogens (tertiary/aromatic N) is 1. The van der Waals surface area contributed by atoms with Crippen LogP contribution in [-0.2, 0) is 9.47 Å². The lowest BCUT2D eigenvalue weighted by Crippen LogP contribution is -2.44. The van der Waals surface area contributed by atoms with E-state index in [9.17, 15) is 9.59 Å². The molecule has 0 saturated heterocycles. The first-order valence-corrected chi connectivity index (χ1v) is 6.29. The highest BCUT2D eigenvalue weighted by Crippen LogP contribution is 2.14. The van der Waals surface area contributed by atoms with Gasteiger partial charge in [-0.2, -0.15) is 0 Å². The zero-order chi connectivity index (χ0) is 14.6. The fraction of sp³-hybridized carbons (Fsp3) is 0.833.